The summed E-state index contributed by atoms with van der Waals surface area (Å²) in [5, 5.41) is 7.34. The van der Waals surface area contributed by atoms with Crippen molar-refractivity contribution in [2.24, 2.45) is 11.8 Å². The van der Waals surface area contributed by atoms with Crippen molar-refractivity contribution in [1.29, 1.82) is 0 Å². The maximum atomic E-state index is 3.81. The summed E-state index contributed by atoms with van der Waals surface area (Å²) in [6.07, 6.45) is 5.31. The molecule has 3 rings (SSSR count). The van der Waals surface area contributed by atoms with E-state index in [9.17, 15) is 0 Å². The Balaban J connectivity index is 1.65. The molecule has 2 heteroatoms. The lowest BCUT2D eigenvalue weighted by molar-refractivity contribution is 0.206. The molecule has 2 aliphatic rings. The van der Waals surface area contributed by atoms with E-state index in [0.717, 1.165) is 24.9 Å². The van der Waals surface area contributed by atoms with Crippen LogP contribution in [0.1, 0.15) is 44.2 Å². The molecule has 3 atom stereocenters. The van der Waals surface area contributed by atoms with Gasteiger partial charge < -0.3 is 10.6 Å². The van der Waals surface area contributed by atoms with Gasteiger partial charge in [0, 0.05) is 24.8 Å². The molecule has 1 aromatic carbocycles. The SMILES string of the molecule is CC1CCCC(NCc2cccc3c2NCC3)C1C. The molecule has 1 aliphatic carbocycles. The molecule has 2 N–H and O–H groups in total. The van der Waals surface area contributed by atoms with Crippen molar-refractivity contribution in [2.45, 2.75) is 52.1 Å². The number of benzene rings is 1. The van der Waals surface area contributed by atoms with Crippen LogP contribution in [0, 0.1) is 11.8 Å². The summed E-state index contributed by atoms with van der Waals surface area (Å²) < 4.78 is 0. The first-order chi connectivity index (χ1) is 9.25. The van der Waals surface area contributed by atoms with Crippen molar-refractivity contribution in [3.8, 4) is 0 Å². The fourth-order valence-corrected chi connectivity index (χ4v) is 3.67. The molecule has 1 saturated carbocycles. The molecular formula is C17H26N2. The first-order valence-corrected chi connectivity index (χ1v) is 7.83. The summed E-state index contributed by atoms with van der Waals surface area (Å²) in [6.45, 7) is 6.93. The Morgan fingerprint density at radius 2 is 2.16 bits per heavy atom. The Labute approximate surface area is 117 Å². The number of hydrogen-bond acceptors (Lipinski definition) is 2. The van der Waals surface area contributed by atoms with Crippen LogP contribution in [0.15, 0.2) is 18.2 Å². The van der Waals surface area contributed by atoms with Crippen molar-refractivity contribution in [3.63, 3.8) is 0 Å². The standard InChI is InChI=1S/C17H26N2/c1-12-5-3-8-16(13(12)2)19-11-15-7-4-6-14-9-10-18-17(14)15/h4,6-7,12-13,16,18-19H,3,5,8-11H2,1-2H3. The number of rotatable bonds is 3. The van der Waals surface area contributed by atoms with Gasteiger partial charge in [0.2, 0.25) is 0 Å². The summed E-state index contributed by atoms with van der Waals surface area (Å²) in [5.74, 6) is 1.67. The average molecular weight is 258 g/mol. The zero-order valence-corrected chi connectivity index (χ0v) is 12.2. The van der Waals surface area contributed by atoms with Gasteiger partial charge in [-0.3, -0.25) is 0 Å². The van der Waals surface area contributed by atoms with Crippen LogP contribution < -0.4 is 10.6 Å². The van der Waals surface area contributed by atoms with Crippen LogP contribution in [0.3, 0.4) is 0 Å². The molecule has 2 nitrogen and oxygen atoms in total. The lowest BCUT2D eigenvalue weighted by atomic mass is 9.78. The van der Waals surface area contributed by atoms with Crippen LogP contribution in [-0.2, 0) is 13.0 Å². The Morgan fingerprint density at radius 3 is 3.05 bits per heavy atom. The van der Waals surface area contributed by atoms with Gasteiger partial charge in [-0.1, -0.05) is 44.9 Å². The predicted octanol–water partition coefficient (Wildman–Crippen LogP) is 3.57. The number of para-hydroxylation sites is 1. The summed E-state index contributed by atoms with van der Waals surface area (Å²) >= 11 is 0. The monoisotopic (exact) mass is 258 g/mol. The highest BCUT2D eigenvalue weighted by Gasteiger charge is 2.26. The highest BCUT2D eigenvalue weighted by Crippen LogP contribution is 2.31. The lowest BCUT2D eigenvalue weighted by Gasteiger charge is -2.35. The molecule has 0 saturated heterocycles. The highest BCUT2D eigenvalue weighted by atomic mass is 14.9. The number of anilines is 1. The van der Waals surface area contributed by atoms with E-state index in [2.05, 4.69) is 42.7 Å². The Bertz CT molecular complexity index is 441. The third-order valence-corrected chi connectivity index (χ3v) is 5.19. The second-order valence-corrected chi connectivity index (χ2v) is 6.38. The second-order valence-electron chi connectivity index (χ2n) is 6.38. The topological polar surface area (TPSA) is 24.1 Å². The van der Waals surface area contributed by atoms with E-state index < -0.39 is 0 Å². The van der Waals surface area contributed by atoms with Crippen LogP contribution >= 0.6 is 0 Å². The van der Waals surface area contributed by atoms with Crippen molar-refractivity contribution >= 4 is 5.69 Å². The molecule has 104 valence electrons. The van der Waals surface area contributed by atoms with E-state index in [1.807, 2.05) is 0 Å². The third kappa shape index (κ3) is 2.64. The lowest BCUT2D eigenvalue weighted by Crippen LogP contribution is -2.40. The zero-order valence-electron chi connectivity index (χ0n) is 12.2. The van der Waals surface area contributed by atoms with Crippen LogP contribution in [-0.4, -0.2) is 12.6 Å². The van der Waals surface area contributed by atoms with Gasteiger partial charge in [0.05, 0.1) is 0 Å². The largest absolute Gasteiger partial charge is 0.384 e. The summed E-state index contributed by atoms with van der Waals surface area (Å²) in [6, 6.07) is 7.42. The van der Waals surface area contributed by atoms with Gasteiger partial charge in [-0.05, 0) is 35.8 Å². The highest BCUT2D eigenvalue weighted by molar-refractivity contribution is 5.61. The van der Waals surface area contributed by atoms with Crippen LogP contribution in [0.5, 0.6) is 0 Å². The van der Waals surface area contributed by atoms with E-state index in [1.54, 1.807) is 0 Å². The molecule has 0 aromatic heterocycles. The van der Waals surface area contributed by atoms with E-state index in [4.69, 9.17) is 0 Å². The molecule has 0 amide bonds. The molecule has 19 heavy (non-hydrogen) atoms. The maximum Gasteiger partial charge on any atom is 0.0419 e. The number of hydrogen-bond donors (Lipinski definition) is 2. The molecular weight excluding hydrogens is 232 g/mol. The van der Waals surface area contributed by atoms with Crippen LogP contribution in [0.25, 0.3) is 0 Å². The zero-order chi connectivity index (χ0) is 13.2. The molecule has 1 aromatic rings. The number of nitrogens with one attached hydrogen (secondary N) is 2. The minimum atomic E-state index is 0.695. The smallest absolute Gasteiger partial charge is 0.0419 e. The fraction of sp³-hybridized carbons (Fsp3) is 0.647. The van der Waals surface area contributed by atoms with Gasteiger partial charge in [0.25, 0.3) is 0 Å². The van der Waals surface area contributed by atoms with Crippen molar-refractivity contribution in [3.05, 3.63) is 29.3 Å². The first-order valence-electron chi connectivity index (χ1n) is 7.83. The Kier molecular flexibility index (Phi) is 3.79. The third-order valence-electron chi connectivity index (χ3n) is 5.19. The van der Waals surface area contributed by atoms with Crippen molar-refractivity contribution in [1.82, 2.24) is 5.32 Å². The second kappa shape index (κ2) is 5.54. The maximum absolute atomic E-state index is 3.81. The first kappa shape index (κ1) is 13.0. The molecule has 1 heterocycles. The van der Waals surface area contributed by atoms with Crippen LogP contribution in [0.4, 0.5) is 5.69 Å². The van der Waals surface area contributed by atoms with Crippen molar-refractivity contribution < 1.29 is 0 Å². The summed E-state index contributed by atoms with van der Waals surface area (Å²) in [4.78, 5) is 0. The quantitative estimate of drug-likeness (QED) is 0.866. The van der Waals surface area contributed by atoms with Crippen molar-refractivity contribution in [2.75, 3.05) is 11.9 Å². The average Bonchev–Trinajstić information content (AvgIpc) is 2.89. The summed E-state index contributed by atoms with van der Waals surface area (Å²) in [7, 11) is 0. The van der Waals surface area contributed by atoms with Crippen LogP contribution in [0.2, 0.25) is 0 Å². The van der Waals surface area contributed by atoms with E-state index in [1.165, 1.54) is 42.5 Å². The van der Waals surface area contributed by atoms with Gasteiger partial charge in [-0.25, -0.2) is 0 Å². The predicted molar refractivity (Wildman–Crippen MR) is 81.4 cm³/mol. The van der Waals surface area contributed by atoms with Gasteiger partial charge in [-0.2, -0.15) is 0 Å². The molecule has 1 fully saturated rings. The Morgan fingerprint density at radius 1 is 1.26 bits per heavy atom. The van der Waals surface area contributed by atoms with E-state index >= 15 is 0 Å². The van der Waals surface area contributed by atoms with Gasteiger partial charge in [0.15, 0.2) is 0 Å². The minimum Gasteiger partial charge on any atom is -0.384 e. The van der Waals surface area contributed by atoms with E-state index in [0.29, 0.717) is 6.04 Å². The molecule has 1 aliphatic heterocycles. The molecule has 0 spiro atoms. The minimum absolute atomic E-state index is 0.695. The summed E-state index contributed by atoms with van der Waals surface area (Å²) in [5.41, 5.74) is 4.33. The molecule has 3 unspecified atom stereocenters. The fourth-order valence-electron chi connectivity index (χ4n) is 3.67. The van der Waals surface area contributed by atoms with Gasteiger partial charge in [0.1, 0.15) is 0 Å². The normalized spacial score (nSPS) is 29.9. The van der Waals surface area contributed by atoms with Gasteiger partial charge in [-0.15, -0.1) is 0 Å². The van der Waals surface area contributed by atoms with E-state index in [-0.39, 0.29) is 0 Å². The van der Waals surface area contributed by atoms with Gasteiger partial charge >= 0.3 is 0 Å². The Hall–Kier alpha value is -1.02. The molecule has 0 bridgehead atoms. The number of fused-ring (bicyclic) bond motifs is 1. The molecule has 0 radical (unpaired) electrons.